The van der Waals surface area contributed by atoms with Crippen molar-refractivity contribution < 1.29 is 19.1 Å². The smallest absolute Gasteiger partial charge is 0.312 e. The van der Waals surface area contributed by atoms with Gasteiger partial charge in [0.15, 0.2) is 6.61 Å². The molecule has 0 unspecified atom stereocenters. The molecule has 1 aliphatic rings. The van der Waals surface area contributed by atoms with E-state index < -0.39 is 5.97 Å². The van der Waals surface area contributed by atoms with Gasteiger partial charge in [-0.05, 0) is 19.9 Å². The van der Waals surface area contributed by atoms with Crippen molar-refractivity contribution in [3.8, 4) is 0 Å². The molecule has 2 atom stereocenters. The number of aromatic amines is 1. The summed E-state index contributed by atoms with van der Waals surface area (Å²) >= 11 is 0. The first-order valence-corrected chi connectivity index (χ1v) is 8.49. The fraction of sp³-hybridized carbons (Fsp3) is 0.444. The highest BCUT2D eigenvalue weighted by molar-refractivity contribution is 5.87. The number of carbonyl (C=O) groups excluding carboxylic acids is 2. The predicted octanol–water partition coefficient (Wildman–Crippen LogP) is 0.645. The SMILES string of the molecule is C[C@H]1CN(C(=O)COC(=O)Cc2n[nH]c(=O)c3ccccc23)C[C@H](C)O1. The molecule has 8 heteroatoms. The largest absolute Gasteiger partial charge is 0.455 e. The number of aromatic nitrogens is 2. The number of hydrogen-bond donors (Lipinski definition) is 1. The van der Waals surface area contributed by atoms with E-state index in [1.165, 1.54) is 0 Å². The zero-order chi connectivity index (χ0) is 18.7. The lowest BCUT2D eigenvalue weighted by atomic mass is 10.1. The number of benzene rings is 1. The Kier molecular flexibility index (Phi) is 5.32. The van der Waals surface area contributed by atoms with Gasteiger partial charge in [-0.3, -0.25) is 14.4 Å². The minimum Gasteiger partial charge on any atom is -0.455 e. The molecule has 1 fully saturated rings. The van der Waals surface area contributed by atoms with E-state index >= 15 is 0 Å². The van der Waals surface area contributed by atoms with Crippen LogP contribution in [0.1, 0.15) is 19.5 Å². The molecule has 138 valence electrons. The molecule has 0 radical (unpaired) electrons. The van der Waals surface area contributed by atoms with Crippen LogP contribution in [-0.4, -0.2) is 58.9 Å². The zero-order valence-electron chi connectivity index (χ0n) is 14.7. The van der Waals surface area contributed by atoms with Crippen molar-refractivity contribution in [2.45, 2.75) is 32.5 Å². The van der Waals surface area contributed by atoms with Crippen LogP contribution in [0.4, 0.5) is 0 Å². The topological polar surface area (TPSA) is 102 Å². The van der Waals surface area contributed by atoms with Crippen molar-refractivity contribution in [1.82, 2.24) is 15.1 Å². The van der Waals surface area contributed by atoms with E-state index in [-0.39, 0.29) is 36.7 Å². The molecule has 0 saturated carbocycles. The van der Waals surface area contributed by atoms with Crippen molar-refractivity contribution in [3.05, 3.63) is 40.3 Å². The van der Waals surface area contributed by atoms with Crippen LogP contribution in [0.25, 0.3) is 10.8 Å². The second-order valence-electron chi connectivity index (χ2n) is 6.44. The van der Waals surface area contributed by atoms with Gasteiger partial charge in [-0.25, -0.2) is 5.10 Å². The Morgan fingerprint density at radius 1 is 1.23 bits per heavy atom. The van der Waals surface area contributed by atoms with Crippen molar-refractivity contribution in [2.75, 3.05) is 19.7 Å². The van der Waals surface area contributed by atoms with E-state index in [0.29, 0.717) is 29.6 Å². The fourth-order valence-electron chi connectivity index (χ4n) is 3.11. The van der Waals surface area contributed by atoms with Gasteiger partial charge in [-0.15, -0.1) is 0 Å². The molecule has 0 aliphatic carbocycles. The van der Waals surface area contributed by atoms with Crippen LogP contribution in [0.2, 0.25) is 0 Å². The first-order chi connectivity index (χ1) is 12.4. The van der Waals surface area contributed by atoms with Gasteiger partial charge in [-0.2, -0.15) is 5.10 Å². The molecule has 0 spiro atoms. The van der Waals surface area contributed by atoms with Crippen LogP contribution in [0.3, 0.4) is 0 Å². The lowest BCUT2D eigenvalue weighted by molar-refractivity contribution is -0.156. The minimum atomic E-state index is -0.572. The summed E-state index contributed by atoms with van der Waals surface area (Å²) in [5.74, 6) is -0.822. The average Bonchev–Trinajstić information content (AvgIpc) is 2.61. The molecule has 1 amide bonds. The van der Waals surface area contributed by atoms with Crippen molar-refractivity contribution in [1.29, 1.82) is 0 Å². The molecular formula is C18H21N3O5. The van der Waals surface area contributed by atoms with Gasteiger partial charge in [-0.1, -0.05) is 18.2 Å². The van der Waals surface area contributed by atoms with Gasteiger partial charge in [0.25, 0.3) is 11.5 Å². The molecule has 3 rings (SSSR count). The summed E-state index contributed by atoms with van der Waals surface area (Å²) in [6, 6.07) is 6.89. The molecule has 2 aromatic rings. The Labute approximate surface area is 150 Å². The number of amides is 1. The number of nitrogens with one attached hydrogen (secondary N) is 1. The number of H-pyrrole nitrogens is 1. The summed E-state index contributed by atoms with van der Waals surface area (Å²) in [5.41, 5.74) is 0.0923. The predicted molar refractivity (Wildman–Crippen MR) is 93.6 cm³/mol. The molecule has 26 heavy (non-hydrogen) atoms. The van der Waals surface area contributed by atoms with Crippen molar-refractivity contribution in [3.63, 3.8) is 0 Å². The Morgan fingerprint density at radius 2 is 1.88 bits per heavy atom. The number of fused-ring (bicyclic) bond motifs is 1. The van der Waals surface area contributed by atoms with Crippen molar-refractivity contribution >= 4 is 22.6 Å². The quantitative estimate of drug-likeness (QED) is 0.804. The summed E-state index contributed by atoms with van der Waals surface area (Å²) in [6.07, 6.45) is -0.217. The first kappa shape index (κ1) is 18.1. The standard InChI is InChI=1S/C18H21N3O5/c1-11-8-21(9-12(2)26-11)16(22)10-25-17(23)7-15-13-5-3-4-6-14(13)18(24)20-19-15/h3-6,11-12H,7-10H2,1-2H3,(H,20,24)/t11-,12-/m0/s1. The number of nitrogens with zero attached hydrogens (tertiary/aromatic N) is 2. The monoisotopic (exact) mass is 359 g/mol. The highest BCUT2D eigenvalue weighted by Crippen LogP contribution is 2.14. The zero-order valence-corrected chi connectivity index (χ0v) is 14.7. The molecule has 1 aromatic heterocycles. The lowest BCUT2D eigenvalue weighted by Gasteiger charge is -2.35. The molecule has 1 aromatic carbocycles. The Hall–Kier alpha value is -2.74. The number of esters is 1. The van der Waals surface area contributed by atoms with Gasteiger partial charge in [0, 0.05) is 18.5 Å². The van der Waals surface area contributed by atoms with Crippen LogP contribution in [0, 0.1) is 0 Å². The van der Waals surface area contributed by atoms with Gasteiger partial charge in [0.05, 0.1) is 29.7 Å². The molecule has 1 N–H and O–H groups in total. The number of morpholine rings is 1. The maximum Gasteiger partial charge on any atom is 0.312 e. The van der Waals surface area contributed by atoms with E-state index in [1.807, 2.05) is 13.8 Å². The molecule has 1 saturated heterocycles. The van der Waals surface area contributed by atoms with E-state index in [4.69, 9.17) is 9.47 Å². The second kappa shape index (κ2) is 7.65. The Morgan fingerprint density at radius 3 is 2.58 bits per heavy atom. The summed E-state index contributed by atoms with van der Waals surface area (Å²) in [6.45, 7) is 4.43. The summed E-state index contributed by atoms with van der Waals surface area (Å²) < 4.78 is 10.7. The third-order valence-corrected chi connectivity index (χ3v) is 4.22. The molecule has 0 bridgehead atoms. The highest BCUT2D eigenvalue weighted by atomic mass is 16.5. The van der Waals surface area contributed by atoms with Crippen LogP contribution in [0.15, 0.2) is 29.1 Å². The average molecular weight is 359 g/mol. The molecule has 8 nitrogen and oxygen atoms in total. The van der Waals surface area contributed by atoms with Gasteiger partial charge >= 0.3 is 5.97 Å². The van der Waals surface area contributed by atoms with E-state index in [0.717, 1.165) is 0 Å². The third-order valence-electron chi connectivity index (χ3n) is 4.22. The molecule has 2 heterocycles. The number of rotatable bonds is 4. The van der Waals surface area contributed by atoms with Gasteiger partial charge in [0.1, 0.15) is 0 Å². The Bertz CT molecular complexity index is 869. The highest BCUT2D eigenvalue weighted by Gasteiger charge is 2.26. The van der Waals surface area contributed by atoms with Gasteiger partial charge in [0.2, 0.25) is 0 Å². The maximum absolute atomic E-state index is 12.2. The fourth-order valence-corrected chi connectivity index (χ4v) is 3.11. The third kappa shape index (κ3) is 4.08. The summed E-state index contributed by atoms with van der Waals surface area (Å²) in [5, 5.41) is 7.35. The van der Waals surface area contributed by atoms with Crippen LogP contribution in [-0.2, 0) is 25.5 Å². The van der Waals surface area contributed by atoms with Crippen molar-refractivity contribution in [2.24, 2.45) is 0 Å². The molecular weight excluding hydrogens is 338 g/mol. The first-order valence-electron chi connectivity index (χ1n) is 8.49. The van der Waals surface area contributed by atoms with E-state index in [9.17, 15) is 14.4 Å². The summed E-state index contributed by atoms with van der Waals surface area (Å²) in [7, 11) is 0. The summed E-state index contributed by atoms with van der Waals surface area (Å²) in [4.78, 5) is 37.7. The van der Waals surface area contributed by atoms with E-state index in [1.54, 1.807) is 29.2 Å². The van der Waals surface area contributed by atoms with Crippen LogP contribution >= 0.6 is 0 Å². The second-order valence-corrected chi connectivity index (χ2v) is 6.44. The minimum absolute atomic E-state index is 0.0462. The molecule has 1 aliphatic heterocycles. The number of carbonyl (C=O) groups is 2. The normalized spacial score (nSPS) is 20.2. The van der Waals surface area contributed by atoms with Crippen LogP contribution < -0.4 is 5.56 Å². The number of ether oxygens (including phenoxy) is 2. The number of hydrogen-bond acceptors (Lipinski definition) is 6. The lowest BCUT2D eigenvalue weighted by Crippen LogP contribution is -2.49. The van der Waals surface area contributed by atoms with E-state index in [2.05, 4.69) is 10.2 Å². The Balaban J connectivity index is 1.60. The van der Waals surface area contributed by atoms with Crippen LogP contribution in [0.5, 0.6) is 0 Å². The van der Waals surface area contributed by atoms with Gasteiger partial charge < -0.3 is 14.4 Å². The maximum atomic E-state index is 12.2.